The molecule has 25 heavy (non-hydrogen) atoms. The molecular formula is C17H18Cl2N3O2S-. The highest BCUT2D eigenvalue weighted by molar-refractivity contribution is 7.89. The average Bonchev–Trinajstić information content (AvgIpc) is 2.97. The van der Waals surface area contributed by atoms with E-state index in [4.69, 9.17) is 11.6 Å². The molecule has 2 aromatic carbocycles. The Morgan fingerprint density at radius 2 is 1.80 bits per heavy atom. The first-order chi connectivity index (χ1) is 11.5. The van der Waals surface area contributed by atoms with Crippen LogP contribution in [0.2, 0.25) is 5.02 Å². The molecule has 0 saturated carbocycles. The summed E-state index contributed by atoms with van der Waals surface area (Å²) in [4.78, 5) is 8.00. The van der Waals surface area contributed by atoms with E-state index < -0.39 is 10.0 Å². The molecule has 0 unspecified atom stereocenters. The number of nitrogens with zero attached hydrogens (tertiary/aromatic N) is 2. The molecule has 0 aliphatic rings. The van der Waals surface area contributed by atoms with Gasteiger partial charge in [0.05, 0.1) is 15.9 Å². The number of hydrogen-bond acceptors (Lipinski definition) is 3. The monoisotopic (exact) mass is 398 g/mol. The molecule has 0 spiro atoms. The topological polar surface area (TPSA) is 66.1 Å². The zero-order valence-corrected chi connectivity index (χ0v) is 15.9. The van der Waals surface area contributed by atoms with Crippen LogP contribution < -0.4 is 12.4 Å². The molecule has 0 radical (unpaired) electrons. The normalized spacial score (nSPS) is 11.6. The number of aryl methyl sites for hydroxylation is 1. The van der Waals surface area contributed by atoms with E-state index in [0.29, 0.717) is 24.4 Å². The van der Waals surface area contributed by atoms with Gasteiger partial charge in [0.1, 0.15) is 5.82 Å². The molecule has 3 aromatic rings. The predicted octanol–water partition coefficient (Wildman–Crippen LogP) is 0.474. The van der Waals surface area contributed by atoms with Gasteiger partial charge in [0, 0.05) is 25.0 Å². The molecule has 0 aliphatic heterocycles. The molecular weight excluding hydrogens is 381 g/mol. The Labute approximate surface area is 158 Å². The van der Waals surface area contributed by atoms with Crippen molar-refractivity contribution in [3.8, 4) is 0 Å². The number of H-pyrrole nitrogens is 1. The molecule has 5 nitrogen and oxygen atoms in total. The summed E-state index contributed by atoms with van der Waals surface area (Å²) < 4.78 is 26.3. The van der Waals surface area contributed by atoms with Crippen LogP contribution in [-0.2, 0) is 16.4 Å². The number of halogens is 2. The van der Waals surface area contributed by atoms with Crippen LogP contribution in [0.4, 0.5) is 0 Å². The first-order valence-corrected chi connectivity index (χ1v) is 9.44. The Morgan fingerprint density at radius 3 is 2.48 bits per heavy atom. The molecule has 0 atom stereocenters. The molecule has 8 heteroatoms. The first-order valence-electron chi connectivity index (χ1n) is 7.62. The fourth-order valence-electron chi connectivity index (χ4n) is 2.50. The fourth-order valence-corrected chi connectivity index (χ4v) is 3.84. The van der Waals surface area contributed by atoms with Crippen LogP contribution in [0.25, 0.3) is 11.0 Å². The maximum Gasteiger partial charge on any atom is 0.242 e. The number of aromatic amines is 1. The lowest BCUT2D eigenvalue weighted by atomic mass is 10.3. The third kappa shape index (κ3) is 4.52. The number of aromatic nitrogens is 2. The van der Waals surface area contributed by atoms with Gasteiger partial charge in [0.15, 0.2) is 0 Å². The summed E-state index contributed by atoms with van der Waals surface area (Å²) in [5.74, 6) is 0.869. The van der Waals surface area contributed by atoms with Gasteiger partial charge in [0.25, 0.3) is 0 Å². The number of imidazole rings is 1. The van der Waals surface area contributed by atoms with Crippen molar-refractivity contribution in [1.29, 1.82) is 0 Å². The summed E-state index contributed by atoms with van der Waals surface area (Å²) in [5.41, 5.74) is 1.92. The van der Waals surface area contributed by atoms with Crippen LogP contribution >= 0.6 is 11.6 Å². The predicted molar refractivity (Wildman–Crippen MR) is 95.7 cm³/mol. The van der Waals surface area contributed by atoms with Crippen molar-refractivity contribution in [2.24, 2.45) is 0 Å². The minimum absolute atomic E-state index is 0. The van der Waals surface area contributed by atoms with Gasteiger partial charge < -0.3 is 17.4 Å². The first kappa shape index (κ1) is 19.7. The molecule has 1 aromatic heterocycles. The van der Waals surface area contributed by atoms with Gasteiger partial charge in [0.2, 0.25) is 10.0 Å². The van der Waals surface area contributed by atoms with Gasteiger partial charge in [-0.05, 0) is 42.8 Å². The van der Waals surface area contributed by atoms with E-state index in [2.05, 4.69) is 9.97 Å². The van der Waals surface area contributed by atoms with Crippen molar-refractivity contribution in [3.63, 3.8) is 0 Å². The van der Waals surface area contributed by atoms with E-state index >= 15 is 0 Å². The number of para-hydroxylation sites is 2. The van der Waals surface area contributed by atoms with Crippen molar-refractivity contribution in [2.75, 3.05) is 13.6 Å². The molecule has 134 valence electrons. The van der Waals surface area contributed by atoms with Crippen LogP contribution in [0.15, 0.2) is 53.4 Å². The van der Waals surface area contributed by atoms with Gasteiger partial charge in [-0.1, -0.05) is 23.7 Å². The van der Waals surface area contributed by atoms with E-state index in [0.717, 1.165) is 16.9 Å². The fraction of sp³-hybridized carbons (Fsp3) is 0.235. The Morgan fingerprint density at radius 1 is 1.12 bits per heavy atom. The van der Waals surface area contributed by atoms with Crippen molar-refractivity contribution in [3.05, 3.63) is 59.4 Å². The van der Waals surface area contributed by atoms with Crippen molar-refractivity contribution in [1.82, 2.24) is 14.3 Å². The Bertz CT molecular complexity index is 907. The van der Waals surface area contributed by atoms with Crippen LogP contribution in [0.3, 0.4) is 0 Å². The maximum atomic E-state index is 12.5. The number of hydrogen-bond donors (Lipinski definition) is 1. The second-order valence-corrected chi connectivity index (χ2v) is 8.07. The lowest BCUT2D eigenvalue weighted by Gasteiger charge is -2.16. The summed E-state index contributed by atoms with van der Waals surface area (Å²) in [6, 6.07) is 14.0. The van der Waals surface area contributed by atoms with Gasteiger partial charge in [-0.2, -0.15) is 0 Å². The third-order valence-corrected chi connectivity index (χ3v) is 5.97. The lowest BCUT2D eigenvalue weighted by molar-refractivity contribution is -0.00000742. The second-order valence-electron chi connectivity index (χ2n) is 5.58. The average molecular weight is 399 g/mol. The van der Waals surface area contributed by atoms with Gasteiger partial charge in [-0.25, -0.2) is 17.7 Å². The molecule has 1 N–H and O–H groups in total. The summed E-state index contributed by atoms with van der Waals surface area (Å²) in [7, 11) is -1.90. The van der Waals surface area contributed by atoms with Crippen LogP contribution in [-0.4, -0.2) is 36.3 Å². The zero-order valence-electron chi connectivity index (χ0n) is 13.6. The van der Waals surface area contributed by atoms with Crippen LogP contribution in [0.1, 0.15) is 12.2 Å². The molecule has 0 aliphatic carbocycles. The second kappa shape index (κ2) is 8.19. The minimum Gasteiger partial charge on any atom is -1.00 e. The molecule has 0 fully saturated rings. The Kier molecular flexibility index (Phi) is 6.46. The Hall–Kier alpha value is -1.60. The molecule has 0 amide bonds. The van der Waals surface area contributed by atoms with Crippen molar-refractivity contribution >= 4 is 32.7 Å². The number of rotatable bonds is 6. The number of fused-ring (bicyclic) bond motifs is 1. The molecule has 0 saturated heterocycles. The molecule has 1 heterocycles. The Balaban J connectivity index is 0.00000225. The summed E-state index contributed by atoms with van der Waals surface area (Å²) in [6.07, 6.45) is 1.37. The van der Waals surface area contributed by atoms with Crippen molar-refractivity contribution in [2.45, 2.75) is 17.7 Å². The van der Waals surface area contributed by atoms with Crippen LogP contribution in [0, 0.1) is 0 Å². The SMILES string of the molecule is CN(CCCc1nc2ccccc2[nH]1)S(=O)(=O)c1ccc(Cl)cc1.[Cl-]. The number of nitrogens with one attached hydrogen (secondary N) is 1. The van der Waals surface area contributed by atoms with Gasteiger partial charge in [-0.3, -0.25) is 0 Å². The quantitative estimate of drug-likeness (QED) is 0.656. The summed E-state index contributed by atoms with van der Waals surface area (Å²) in [5, 5.41) is 0.515. The van der Waals surface area contributed by atoms with Gasteiger partial charge in [-0.15, -0.1) is 0 Å². The number of sulfonamides is 1. The third-order valence-electron chi connectivity index (χ3n) is 3.85. The van der Waals surface area contributed by atoms with Crippen LogP contribution in [0.5, 0.6) is 0 Å². The van der Waals surface area contributed by atoms with E-state index in [1.165, 1.54) is 16.4 Å². The minimum atomic E-state index is -3.49. The van der Waals surface area contributed by atoms with E-state index in [-0.39, 0.29) is 17.3 Å². The van der Waals surface area contributed by atoms with Crippen molar-refractivity contribution < 1.29 is 20.8 Å². The summed E-state index contributed by atoms with van der Waals surface area (Å²) >= 11 is 5.81. The lowest BCUT2D eigenvalue weighted by Crippen LogP contribution is -3.00. The standard InChI is InChI=1S/C17H18ClN3O2S.ClH/c1-21(24(22,23)14-10-8-13(18)9-11-14)12-4-7-17-19-15-5-2-3-6-16(15)20-17;/h2-3,5-6,8-11H,4,7,12H2,1H3,(H,19,20);1H/p-1. The van der Waals surface area contributed by atoms with Gasteiger partial charge >= 0.3 is 0 Å². The molecule has 3 rings (SSSR count). The van der Waals surface area contributed by atoms with E-state index in [1.54, 1.807) is 19.2 Å². The van der Waals surface area contributed by atoms with E-state index in [1.807, 2.05) is 24.3 Å². The number of benzene rings is 2. The highest BCUT2D eigenvalue weighted by atomic mass is 35.5. The summed E-state index contributed by atoms with van der Waals surface area (Å²) in [6.45, 7) is 0.419. The zero-order chi connectivity index (χ0) is 17.2. The molecule has 0 bridgehead atoms. The highest BCUT2D eigenvalue weighted by Gasteiger charge is 2.20. The smallest absolute Gasteiger partial charge is 0.242 e. The largest absolute Gasteiger partial charge is 1.00 e. The highest BCUT2D eigenvalue weighted by Crippen LogP contribution is 2.18. The maximum absolute atomic E-state index is 12.5. The van der Waals surface area contributed by atoms with E-state index in [9.17, 15) is 8.42 Å².